The van der Waals surface area contributed by atoms with Gasteiger partial charge in [-0.15, -0.1) is 0 Å². The molecular weight excluding hydrogens is 449 g/mol. The van der Waals surface area contributed by atoms with E-state index in [0.717, 1.165) is 16.8 Å². The predicted octanol–water partition coefficient (Wildman–Crippen LogP) is 4.12. The van der Waals surface area contributed by atoms with Crippen molar-refractivity contribution in [2.75, 3.05) is 5.73 Å². The van der Waals surface area contributed by atoms with Crippen LogP contribution >= 0.6 is 0 Å². The smallest absolute Gasteiger partial charge is 0.317 e. The topological polar surface area (TPSA) is 103 Å². The number of aliphatic imine (C=N–C) groups is 1. The van der Waals surface area contributed by atoms with Crippen LogP contribution in [0, 0.1) is 5.82 Å². The van der Waals surface area contributed by atoms with Crippen LogP contribution in [0.3, 0.4) is 0 Å². The minimum absolute atomic E-state index is 0.0586. The number of rotatable bonds is 5. The standard InChI is InChI=1S/C26H22FN5O3/c1-14(33)16-4-7-20(8-5-16)35-26-23(15(2)34)24(28)32-25(31(26)3)21(13-30-32)18-10-17-11-19(27)6-9-22(17)29-12-18/h4-9,11-13,18,28H,10H2,1-3H3/p+1. The number of carbonyl (C=O) groups is 2. The zero-order chi connectivity index (χ0) is 24.9. The second-order valence-corrected chi connectivity index (χ2v) is 8.56. The van der Waals surface area contributed by atoms with Crippen LogP contribution in [0.4, 0.5) is 15.9 Å². The van der Waals surface area contributed by atoms with Gasteiger partial charge < -0.3 is 10.5 Å². The number of ketones is 2. The van der Waals surface area contributed by atoms with Gasteiger partial charge in [-0.05, 0) is 68.3 Å². The number of ether oxygens (including phenoxy) is 1. The van der Waals surface area contributed by atoms with Gasteiger partial charge in [-0.3, -0.25) is 14.6 Å². The van der Waals surface area contributed by atoms with Crippen molar-refractivity contribution in [2.24, 2.45) is 12.0 Å². The van der Waals surface area contributed by atoms with Gasteiger partial charge in [0, 0.05) is 17.7 Å². The summed E-state index contributed by atoms with van der Waals surface area (Å²) >= 11 is 0. The average Bonchev–Trinajstić information content (AvgIpc) is 3.28. The van der Waals surface area contributed by atoms with Crippen molar-refractivity contribution >= 4 is 34.9 Å². The zero-order valence-corrected chi connectivity index (χ0v) is 19.4. The van der Waals surface area contributed by atoms with Gasteiger partial charge >= 0.3 is 11.5 Å². The van der Waals surface area contributed by atoms with Crippen LogP contribution in [-0.4, -0.2) is 27.4 Å². The second-order valence-electron chi connectivity index (χ2n) is 8.56. The van der Waals surface area contributed by atoms with E-state index in [2.05, 4.69) is 10.1 Å². The first kappa shape index (κ1) is 22.4. The van der Waals surface area contributed by atoms with Crippen molar-refractivity contribution in [3.05, 3.63) is 76.7 Å². The molecule has 1 atom stereocenters. The van der Waals surface area contributed by atoms with E-state index in [-0.39, 0.29) is 40.6 Å². The molecule has 0 bridgehead atoms. The fourth-order valence-corrected chi connectivity index (χ4v) is 4.42. The Balaban J connectivity index is 1.63. The number of hydrogen-bond acceptors (Lipinski definition) is 6. The molecule has 4 aromatic rings. The highest BCUT2D eigenvalue weighted by atomic mass is 19.1. The highest BCUT2D eigenvalue weighted by molar-refractivity contribution is 6.00. The summed E-state index contributed by atoms with van der Waals surface area (Å²) < 4.78 is 23.2. The molecule has 0 fully saturated rings. The normalized spacial score (nSPS) is 14.7. The van der Waals surface area contributed by atoms with Crippen molar-refractivity contribution in [3.8, 4) is 11.6 Å². The number of fused-ring (bicyclic) bond motifs is 2. The van der Waals surface area contributed by atoms with Crippen LogP contribution in [-0.2, 0) is 13.5 Å². The maximum absolute atomic E-state index is 13.8. The first-order valence-electron chi connectivity index (χ1n) is 11.1. The summed E-state index contributed by atoms with van der Waals surface area (Å²) in [5.74, 6) is 0.00446. The largest absolute Gasteiger partial charge is 0.422 e. The Labute approximate surface area is 200 Å². The van der Waals surface area contributed by atoms with E-state index in [1.807, 2.05) is 6.21 Å². The van der Waals surface area contributed by atoms with E-state index in [0.29, 0.717) is 23.4 Å². The Kier molecular flexibility index (Phi) is 5.39. The van der Waals surface area contributed by atoms with Gasteiger partial charge in [0.1, 0.15) is 11.6 Å². The van der Waals surface area contributed by atoms with Gasteiger partial charge in [-0.2, -0.15) is 4.57 Å². The summed E-state index contributed by atoms with van der Waals surface area (Å²) in [6.07, 6.45) is 4.03. The number of benzene rings is 2. The monoisotopic (exact) mass is 472 g/mol. The molecule has 0 amide bonds. The van der Waals surface area contributed by atoms with Gasteiger partial charge in [-0.1, -0.05) is 9.61 Å². The van der Waals surface area contributed by atoms with Gasteiger partial charge in [0.2, 0.25) is 5.82 Å². The molecule has 2 N–H and O–H groups in total. The van der Waals surface area contributed by atoms with E-state index in [4.69, 9.17) is 10.5 Å². The summed E-state index contributed by atoms with van der Waals surface area (Å²) in [7, 11) is 1.76. The molecule has 0 radical (unpaired) electrons. The molecule has 2 aromatic carbocycles. The third kappa shape index (κ3) is 3.84. The van der Waals surface area contributed by atoms with Crippen LogP contribution in [0.5, 0.6) is 11.6 Å². The van der Waals surface area contributed by atoms with Crippen LogP contribution < -0.4 is 15.0 Å². The Morgan fingerprint density at radius 3 is 2.57 bits per heavy atom. The Bertz CT molecular complexity index is 1540. The van der Waals surface area contributed by atoms with Crippen LogP contribution in [0.2, 0.25) is 0 Å². The number of halogens is 1. The lowest BCUT2D eigenvalue weighted by atomic mass is 9.91. The highest BCUT2D eigenvalue weighted by Crippen LogP contribution is 2.34. The highest BCUT2D eigenvalue weighted by Gasteiger charge is 2.33. The number of nitrogens with two attached hydrogens (primary N) is 1. The van der Waals surface area contributed by atoms with Crippen LogP contribution in [0.1, 0.15) is 51.6 Å². The molecule has 35 heavy (non-hydrogen) atoms. The summed E-state index contributed by atoms with van der Waals surface area (Å²) in [6, 6.07) is 11.2. The molecule has 176 valence electrons. The number of aryl methyl sites for hydroxylation is 1. The average molecular weight is 473 g/mol. The van der Waals surface area contributed by atoms with Crippen LogP contribution in [0.25, 0.3) is 5.65 Å². The van der Waals surface area contributed by atoms with E-state index in [1.54, 1.807) is 48.1 Å². The van der Waals surface area contributed by atoms with E-state index in [9.17, 15) is 14.0 Å². The second kappa shape index (κ2) is 8.43. The van der Waals surface area contributed by atoms with Gasteiger partial charge in [0.15, 0.2) is 17.1 Å². The molecule has 8 nitrogen and oxygen atoms in total. The molecule has 0 saturated carbocycles. The Morgan fingerprint density at radius 2 is 1.89 bits per heavy atom. The van der Waals surface area contributed by atoms with Crippen molar-refractivity contribution in [2.45, 2.75) is 26.2 Å². The van der Waals surface area contributed by atoms with Crippen LogP contribution in [0.15, 0.2) is 53.7 Å². The summed E-state index contributed by atoms with van der Waals surface area (Å²) in [6.45, 7) is 2.90. The fraction of sp³-hybridized carbons (Fsp3) is 0.192. The molecule has 0 aliphatic carbocycles. The third-order valence-corrected chi connectivity index (χ3v) is 6.19. The van der Waals surface area contributed by atoms with Gasteiger partial charge in [0.25, 0.3) is 0 Å². The van der Waals surface area contributed by atoms with Crippen molar-refractivity contribution < 1.29 is 23.3 Å². The fourth-order valence-electron chi connectivity index (χ4n) is 4.42. The molecule has 3 heterocycles. The first-order valence-corrected chi connectivity index (χ1v) is 11.1. The van der Waals surface area contributed by atoms with E-state index in [1.165, 1.54) is 30.5 Å². The van der Waals surface area contributed by atoms with Crippen molar-refractivity contribution in [1.29, 1.82) is 0 Å². The molecule has 1 aliphatic heterocycles. The number of nitrogen functional groups attached to an aromatic ring is 1. The number of nitrogens with zero attached hydrogens (tertiary/aromatic N) is 4. The molecule has 9 heteroatoms. The Hall–Kier alpha value is -4.40. The van der Waals surface area contributed by atoms with E-state index < -0.39 is 0 Å². The molecular formula is C26H23FN5O3+. The quantitative estimate of drug-likeness (QED) is 0.348. The van der Waals surface area contributed by atoms with Crippen molar-refractivity contribution in [3.63, 3.8) is 0 Å². The molecule has 2 aromatic heterocycles. The summed E-state index contributed by atoms with van der Waals surface area (Å²) in [4.78, 5) is 28.7. The first-order chi connectivity index (χ1) is 16.7. The van der Waals surface area contributed by atoms with Crippen molar-refractivity contribution in [1.82, 2.24) is 9.61 Å². The number of aromatic nitrogens is 3. The number of anilines is 1. The van der Waals surface area contributed by atoms with E-state index >= 15 is 0 Å². The minimum atomic E-state index is -0.313. The molecule has 0 spiro atoms. The lowest BCUT2D eigenvalue weighted by molar-refractivity contribution is -0.653. The maximum atomic E-state index is 13.8. The number of hydrogen-bond donors (Lipinski definition) is 1. The maximum Gasteiger partial charge on any atom is 0.317 e. The SMILES string of the molecule is CC(=O)c1ccc(Oc2c(C(C)=O)c(N)n3ncc(C4C=Nc5ccc(F)cc5C4)c3[n+]2C)cc1. The molecule has 5 rings (SSSR count). The number of carbonyl (C=O) groups excluding carboxylic acids is 2. The molecule has 0 saturated heterocycles. The summed E-state index contributed by atoms with van der Waals surface area (Å²) in [5.41, 5.74) is 10.1. The Morgan fingerprint density at radius 1 is 1.14 bits per heavy atom. The lowest BCUT2D eigenvalue weighted by Gasteiger charge is -2.18. The minimum Gasteiger partial charge on any atom is -0.422 e. The summed E-state index contributed by atoms with van der Waals surface area (Å²) in [5, 5.41) is 4.44. The predicted molar refractivity (Wildman–Crippen MR) is 128 cm³/mol. The lowest BCUT2D eigenvalue weighted by Crippen LogP contribution is -2.37. The van der Waals surface area contributed by atoms with Gasteiger partial charge in [-0.25, -0.2) is 4.39 Å². The molecule has 1 aliphatic rings. The number of Topliss-reactive ketones (excluding diaryl/α,β-unsaturated/α-hetero) is 2. The van der Waals surface area contributed by atoms with Gasteiger partial charge in [0.05, 0.1) is 24.5 Å². The molecule has 1 unspecified atom stereocenters. The third-order valence-electron chi connectivity index (χ3n) is 6.19. The zero-order valence-electron chi connectivity index (χ0n) is 19.4.